The van der Waals surface area contributed by atoms with Gasteiger partial charge in [0.15, 0.2) is 5.78 Å². The SMILES string of the molecule is O=C(c1cc(F)ccc1F)C1CCCN(Cc2ccc(-n3cccn3)cc2)C1. The van der Waals surface area contributed by atoms with Gasteiger partial charge in [0.1, 0.15) is 11.6 Å². The number of benzene rings is 2. The van der Waals surface area contributed by atoms with Crippen molar-refractivity contribution in [1.82, 2.24) is 14.7 Å². The number of likely N-dealkylation sites (tertiary alicyclic amines) is 1. The van der Waals surface area contributed by atoms with E-state index >= 15 is 0 Å². The summed E-state index contributed by atoms with van der Waals surface area (Å²) < 4.78 is 29.2. The molecule has 2 heterocycles. The molecule has 0 spiro atoms. The minimum absolute atomic E-state index is 0.143. The molecule has 1 aromatic heterocycles. The normalized spacial score (nSPS) is 17.6. The molecular formula is C22H21F2N3O. The summed E-state index contributed by atoms with van der Waals surface area (Å²) in [5.74, 6) is -1.86. The van der Waals surface area contributed by atoms with Crippen molar-refractivity contribution in [2.24, 2.45) is 5.92 Å². The van der Waals surface area contributed by atoms with Crippen molar-refractivity contribution in [2.75, 3.05) is 13.1 Å². The van der Waals surface area contributed by atoms with Crippen LogP contribution >= 0.6 is 0 Å². The van der Waals surface area contributed by atoms with Crippen LogP contribution in [0.1, 0.15) is 28.8 Å². The number of rotatable bonds is 5. The number of Topliss-reactive ketones (excluding diaryl/α,β-unsaturated/α-hetero) is 1. The molecule has 1 fully saturated rings. The molecule has 0 saturated carbocycles. The third-order valence-electron chi connectivity index (χ3n) is 5.18. The molecule has 1 atom stereocenters. The molecule has 1 saturated heterocycles. The summed E-state index contributed by atoms with van der Waals surface area (Å²) in [5, 5.41) is 4.21. The van der Waals surface area contributed by atoms with Crippen molar-refractivity contribution in [1.29, 1.82) is 0 Å². The average molecular weight is 381 g/mol. The Balaban J connectivity index is 1.42. The number of carbonyl (C=O) groups excluding carboxylic acids is 1. The van der Waals surface area contributed by atoms with Gasteiger partial charge in [-0.1, -0.05) is 12.1 Å². The van der Waals surface area contributed by atoms with E-state index in [0.717, 1.165) is 49.0 Å². The van der Waals surface area contributed by atoms with Crippen molar-refractivity contribution in [3.63, 3.8) is 0 Å². The molecule has 28 heavy (non-hydrogen) atoms. The van der Waals surface area contributed by atoms with Crippen LogP contribution < -0.4 is 0 Å². The van der Waals surface area contributed by atoms with E-state index in [4.69, 9.17) is 0 Å². The third kappa shape index (κ3) is 4.02. The van der Waals surface area contributed by atoms with Gasteiger partial charge >= 0.3 is 0 Å². The maximum atomic E-state index is 14.0. The zero-order valence-corrected chi connectivity index (χ0v) is 15.4. The van der Waals surface area contributed by atoms with E-state index in [0.29, 0.717) is 13.0 Å². The predicted octanol–water partition coefficient (Wildman–Crippen LogP) is 4.25. The summed E-state index contributed by atoms with van der Waals surface area (Å²) in [4.78, 5) is 14.9. The minimum atomic E-state index is -0.655. The second kappa shape index (κ2) is 8.02. The second-order valence-corrected chi connectivity index (χ2v) is 7.18. The highest BCUT2D eigenvalue weighted by Gasteiger charge is 2.28. The highest BCUT2D eigenvalue weighted by atomic mass is 19.1. The fourth-order valence-corrected chi connectivity index (χ4v) is 3.75. The molecule has 6 heteroatoms. The first kappa shape index (κ1) is 18.5. The smallest absolute Gasteiger partial charge is 0.170 e. The number of carbonyl (C=O) groups is 1. The molecule has 144 valence electrons. The lowest BCUT2D eigenvalue weighted by Crippen LogP contribution is -2.38. The van der Waals surface area contributed by atoms with Crippen LogP contribution in [0.25, 0.3) is 5.69 Å². The highest BCUT2D eigenvalue weighted by molar-refractivity contribution is 5.98. The monoisotopic (exact) mass is 381 g/mol. The summed E-state index contributed by atoms with van der Waals surface area (Å²) >= 11 is 0. The van der Waals surface area contributed by atoms with E-state index in [9.17, 15) is 13.6 Å². The molecule has 3 aromatic rings. The Kier molecular flexibility index (Phi) is 5.30. The standard InChI is InChI=1S/C22H21F2N3O/c23-18-6-9-21(24)20(13-18)22(28)17-3-1-11-26(15-17)14-16-4-7-19(8-5-16)27-12-2-10-25-27/h2,4-10,12-13,17H,1,3,11,14-15H2. The predicted molar refractivity (Wildman–Crippen MR) is 102 cm³/mol. The van der Waals surface area contributed by atoms with Gasteiger partial charge < -0.3 is 0 Å². The lowest BCUT2D eigenvalue weighted by Gasteiger charge is -2.32. The first-order valence-electron chi connectivity index (χ1n) is 9.41. The average Bonchev–Trinajstić information content (AvgIpc) is 3.25. The van der Waals surface area contributed by atoms with Crippen LogP contribution in [0.4, 0.5) is 8.78 Å². The second-order valence-electron chi connectivity index (χ2n) is 7.18. The fourth-order valence-electron chi connectivity index (χ4n) is 3.75. The Morgan fingerprint density at radius 1 is 1.14 bits per heavy atom. The molecule has 0 aliphatic carbocycles. The van der Waals surface area contributed by atoms with Crippen molar-refractivity contribution < 1.29 is 13.6 Å². The van der Waals surface area contributed by atoms with Gasteiger partial charge in [0.05, 0.1) is 11.3 Å². The molecule has 4 rings (SSSR count). The number of hydrogen-bond donors (Lipinski definition) is 0. The number of halogens is 2. The summed E-state index contributed by atoms with van der Waals surface area (Å²) in [6, 6.07) is 13.1. The summed E-state index contributed by atoms with van der Waals surface area (Å²) in [6.07, 6.45) is 5.18. The molecule has 1 unspecified atom stereocenters. The van der Waals surface area contributed by atoms with Crippen LogP contribution in [-0.4, -0.2) is 33.6 Å². The molecule has 4 nitrogen and oxygen atoms in total. The number of hydrogen-bond acceptors (Lipinski definition) is 3. The Hall–Kier alpha value is -2.86. The van der Waals surface area contributed by atoms with Crippen LogP contribution in [-0.2, 0) is 6.54 Å². The Bertz CT molecular complexity index is 954. The topological polar surface area (TPSA) is 38.1 Å². The number of piperidine rings is 1. The Morgan fingerprint density at radius 2 is 1.96 bits per heavy atom. The van der Waals surface area contributed by atoms with Crippen molar-refractivity contribution >= 4 is 5.78 Å². The van der Waals surface area contributed by atoms with Gasteiger partial charge in [-0.3, -0.25) is 9.69 Å². The van der Waals surface area contributed by atoms with E-state index in [1.165, 1.54) is 0 Å². The van der Waals surface area contributed by atoms with Gasteiger partial charge in [-0.15, -0.1) is 0 Å². The van der Waals surface area contributed by atoms with Gasteiger partial charge in [-0.25, -0.2) is 13.5 Å². The molecular weight excluding hydrogens is 360 g/mol. The van der Waals surface area contributed by atoms with Crippen LogP contribution in [0.2, 0.25) is 0 Å². The van der Waals surface area contributed by atoms with E-state index in [1.54, 1.807) is 10.9 Å². The maximum absolute atomic E-state index is 14.0. The number of nitrogens with zero attached hydrogens (tertiary/aromatic N) is 3. The van der Waals surface area contributed by atoms with Crippen LogP contribution in [0.15, 0.2) is 60.9 Å². The zero-order valence-electron chi connectivity index (χ0n) is 15.4. The van der Waals surface area contributed by atoms with E-state index in [1.807, 2.05) is 24.4 Å². The molecule has 1 aliphatic heterocycles. The van der Waals surface area contributed by atoms with Gasteiger partial charge in [-0.05, 0) is 61.3 Å². The fraction of sp³-hybridized carbons (Fsp3) is 0.273. The molecule has 0 amide bonds. The minimum Gasteiger partial charge on any atom is -0.298 e. The Morgan fingerprint density at radius 3 is 2.71 bits per heavy atom. The van der Waals surface area contributed by atoms with Crippen LogP contribution in [0.5, 0.6) is 0 Å². The molecule has 1 aliphatic rings. The van der Waals surface area contributed by atoms with E-state index in [-0.39, 0.29) is 17.3 Å². The first-order chi connectivity index (χ1) is 13.6. The first-order valence-corrected chi connectivity index (χ1v) is 9.41. The molecule has 0 N–H and O–H groups in total. The summed E-state index contributed by atoms with van der Waals surface area (Å²) in [6.45, 7) is 2.15. The molecule has 0 radical (unpaired) electrons. The Labute approximate surface area is 162 Å². The van der Waals surface area contributed by atoms with Crippen LogP contribution in [0.3, 0.4) is 0 Å². The lowest BCUT2D eigenvalue weighted by atomic mass is 9.89. The maximum Gasteiger partial charge on any atom is 0.170 e. The van der Waals surface area contributed by atoms with Gasteiger partial charge in [0.2, 0.25) is 0 Å². The van der Waals surface area contributed by atoms with Gasteiger partial charge in [0.25, 0.3) is 0 Å². The van der Waals surface area contributed by atoms with Crippen LogP contribution in [0, 0.1) is 17.6 Å². The van der Waals surface area contributed by atoms with E-state index < -0.39 is 11.6 Å². The van der Waals surface area contributed by atoms with Crippen molar-refractivity contribution in [3.05, 3.63) is 83.7 Å². The molecule has 2 aromatic carbocycles. The van der Waals surface area contributed by atoms with Gasteiger partial charge in [-0.2, -0.15) is 5.10 Å². The lowest BCUT2D eigenvalue weighted by molar-refractivity contribution is 0.0807. The number of ketones is 1. The van der Waals surface area contributed by atoms with Crippen molar-refractivity contribution in [3.8, 4) is 5.69 Å². The quantitative estimate of drug-likeness (QED) is 0.621. The largest absolute Gasteiger partial charge is 0.298 e. The summed E-state index contributed by atoms with van der Waals surface area (Å²) in [7, 11) is 0. The van der Waals surface area contributed by atoms with E-state index in [2.05, 4.69) is 22.1 Å². The van der Waals surface area contributed by atoms with Crippen molar-refractivity contribution in [2.45, 2.75) is 19.4 Å². The zero-order chi connectivity index (χ0) is 19.5. The number of aromatic nitrogens is 2. The highest BCUT2D eigenvalue weighted by Crippen LogP contribution is 2.24. The third-order valence-corrected chi connectivity index (χ3v) is 5.18. The van der Waals surface area contributed by atoms with Gasteiger partial charge in [0, 0.05) is 31.4 Å². The summed E-state index contributed by atoms with van der Waals surface area (Å²) in [5.41, 5.74) is 1.98. The molecule has 0 bridgehead atoms.